The molecule has 0 saturated carbocycles. The molecule has 0 aromatic rings. The second-order valence-corrected chi connectivity index (χ2v) is 6.46. The Morgan fingerprint density at radius 2 is 1.30 bits per heavy atom. The van der Waals surface area contributed by atoms with Crippen molar-refractivity contribution in [2.45, 2.75) is 104 Å². The average Bonchev–Trinajstić information content (AvgIpc) is 2.56. The lowest BCUT2D eigenvalue weighted by Crippen LogP contribution is -1.97. The molecule has 0 aliphatic rings. The molecule has 0 radical (unpaired) electrons. The van der Waals surface area contributed by atoms with Gasteiger partial charge in [-0.25, -0.2) is 0 Å². The maximum Gasteiger partial charge on any atom is 0.133 e. The van der Waals surface area contributed by atoms with Gasteiger partial charge in [0.25, 0.3) is 0 Å². The van der Waals surface area contributed by atoms with Crippen LogP contribution in [0.15, 0.2) is 24.2 Å². The summed E-state index contributed by atoms with van der Waals surface area (Å²) >= 11 is 0. The van der Waals surface area contributed by atoms with Crippen molar-refractivity contribution in [3.8, 4) is 0 Å². The van der Waals surface area contributed by atoms with E-state index in [9.17, 15) is 5.11 Å². The number of rotatable bonds is 17. The van der Waals surface area contributed by atoms with Gasteiger partial charge in [-0.1, -0.05) is 97.1 Å². The van der Waals surface area contributed by atoms with Gasteiger partial charge >= 0.3 is 0 Å². The van der Waals surface area contributed by atoms with Crippen LogP contribution >= 0.6 is 0 Å². The van der Waals surface area contributed by atoms with E-state index in [1.54, 1.807) is 6.08 Å². The molecule has 0 aliphatic carbocycles. The van der Waals surface area contributed by atoms with E-state index in [4.69, 9.17) is 4.74 Å². The number of aliphatic hydroxyl groups is 1. The van der Waals surface area contributed by atoms with Gasteiger partial charge in [-0.15, -0.1) is 0 Å². The summed E-state index contributed by atoms with van der Waals surface area (Å²) in [6, 6.07) is 0. The molecule has 0 aliphatic heterocycles. The Bertz CT molecular complexity index is 294. The Morgan fingerprint density at radius 3 is 1.74 bits per heavy atom. The van der Waals surface area contributed by atoms with E-state index in [1.807, 2.05) is 6.92 Å². The maximum atomic E-state index is 10.0. The number of hydrogen-bond acceptors (Lipinski definition) is 2. The molecule has 0 aromatic carbocycles. The quantitative estimate of drug-likeness (QED) is 0.171. The van der Waals surface area contributed by atoms with Gasteiger partial charge in [0.15, 0.2) is 0 Å². The first-order valence-corrected chi connectivity index (χ1v) is 9.90. The predicted molar refractivity (Wildman–Crippen MR) is 102 cm³/mol. The minimum Gasteiger partial charge on any atom is -0.509 e. The second-order valence-electron chi connectivity index (χ2n) is 6.46. The molecule has 0 aromatic heterocycles. The smallest absolute Gasteiger partial charge is 0.133 e. The minimum absolute atomic E-state index is 0.432. The van der Waals surface area contributed by atoms with Gasteiger partial charge in [0.05, 0.1) is 0 Å². The highest BCUT2D eigenvalue weighted by atomic mass is 16.5. The van der Waals surface area contributed by atoms with Crippen LogP contribution < -0.4 is 0 Å². The summed E-state index contributed by atoms with van der Waals surface area (Å²) in [4.78, 5) is 0. The SMILES string of the molecule is C=CCOC(CC)=C(O)CCCCCCCCCCCCCC. The Labute approximate surface area is 145 Å². The van der Waals surface area contributed by atoms with Gasteiger partial charge in [-0.05, 0) is 6.42 Å². The van der Waals surface area contributed by atoms with Gasteiger partial charge in [0, 0.05) is 12.8 Å². The molecule has 0 spiro atoms. The number of aliphatic hydroxyl groups excluding tert-OH is 1. The van der Waals surface area contributed by atoms with Crippen molar-refractivity contribution in [1.29, 1.82) is 0 Å². The Morgan fingerprint density at radius 1 is 0.826 bits per heavy atom. The van der Waals surface area contributed by atoms with Gasteiger partial charge in [-0.3, -0.25) is 0 Å². The molecule has 0 heterocycles. The first kappa shape index (κ1) is 22.1. The lowest BCUT2D eigenvalue weighted by Gasteiger charge is -2.10. The Hall–Kier alpha value is -0.920. The third-order valence-electron chi connectivity index (χ3n) is 4.29. The second kappa shape index (κ2) is 17.4. The van der Waals surface area contributed by atoms with E-state index in [2.05, 4.69) is 13.5 Å². The highest BCUT2D eigenvalue weighted by Gasteiger charge is 2.04. The summed E-state index contributed by atoms with van der Waals surface area (Å²) in [6.45, 7) is 8.39. The third kappa shape index (κ3) is 14.4. The van der Waals surface area contributed by atoms with Gasteiger partial charge in [0.1, 0.15) is 18.1 Å². The van der Waals surface area contributed by atoms with E-state index in [0.717, 1.165) is 25.0 Å². The van der Waals surface area contributed by atoms with Crippen molar-refractivity contribution in [2.75, 3.05) is 6.61 Å². The lowest BCUT2D eigenvalue weighted by atomic mass is 10.0. The summed E-state index contributed by atoms with van der Waals surface area (Å²) in [5.41, 5.74) is 0. The molecule has 23 heavy (non-hydrogen) atoms. The summed E-state index contributed by atoms with van der Waals surface area (Å²) in [7, 11) is 0. The molecule has 136 valence electrons. The molecule has 2 heteroatoms. The van der Waals surface area contributed by atoms with Crippen LogP contribution in [0.5, 0.6) is 0 Å². The topological polar surface area (TPSA) is 29.5 Å². The normalized spacial score (nSPS) is 12.1. The zero-order valence-corrected chi connectivity index (χ0v) is 15.7. The molecular weight excluding hydrogens is 284 g/mol. The first-order chi connectivity index (χ1) is 11.3. The Balaban J connectivity index is 3.44. The van der Waals surface area contributed by atoms with E-state index < -0.39 is 0 Å². The van der Waals surface area contributed by atoms with E-state index in [1.165, 1.54) is 70.6 Å². The summed E-state index contributed by atoms with van der Waals surface area (Å²) in [6.07, 6.45) is 19.3. The standard InChI is InChI=1S/C21H40O2/c1-4-7-8-9-10-11-12-13-14-15-16-17-18-20(22)21(6-3)23-19-5-2/h5,22H,2,4,6-19H2,1,3H3. The highest BCUT2D eigenvalue weighted by molar-refractivity contribution is 5.00. The molecule has 0 rings (SSSR count). The molecule has 1 N–H and O–H groups in total. The molecule has 0 amide bonds. The molecule has 0 saturated heterocycles. The predicted octanol–water partition coefficient (Wildman–Crippen LogP) is 7.46. The van der Waals surface area contributed by atoms with Crippen LogP contribution in [-0.2, 0) is 4.74 Å². The largest absolute Gasteiger partial charge is 0.509 e. The highest BCUT2D eigenvalue weighted by Crippen LogP contribution is 2.17. The minimum atomic E-state index is 0.432. The van der Waals surface area contributed by atoms with Crippen LogP contribution in [0, 0.1) is 0 Å². The number of ether oxygens (including phenoxy) is 1. The fourth-order valence-electron chi connectivity index (χ4n) is 2.82. The zero-order valence-electron chi connectivity index (χ0n) is 15.7. The van der Waals surface area contributed by atoms with Gasteiger partial charge < -0.3 is 9.84 Å². The van der Waals surface area contributed by atoms with Crippen LogP contribution in [-0.4, -0.2) is 11.7 Å². The number of unbranched alkanes of at least 4 members (excludes halogenated alkanes) is 11. The van der Waals surface area contributed by atoms with E-state index in [0.29, 0.717) is 12.4 Å². The van der Waals surface area contributed by atoms with Gasteiger partial charge in [-0.2, -0.15) is 0 Å². The summed E-state index contributed by atoms with van der Waals surface area (Å²) < 4.78 is 5.47. The first-order valence-electron chi connectivity index (χ1n) is 9.90. The van der Waals surface area contributed by atoms with Crippen LogP contribution in [0.1, 0.15) is 104 Å². The zero-order chi connectivity index (χ0) is 17.2. The molecule has 0 bridgehead atoms. The monoisotopic (exact) mass is 324 g/mol. The fraction of sp³-hybridized carbons (Fsp3) is 0.810. The maximum absolute atomic E-state index is 10.0. The van der Waals surface area contributed by atoms with Crippen LogP contribution in [0.4, 0.5) is 0 Å². The van der Waals surface area contributed by atoms with Crippen molar-refractivity contribution >= 4 is 0 Å². The van der Waals surface area contributed by atoms with Crippen molar-refractivity contribution in [2.24, 2.45) is 0 Å². The molecule has 2 nitrogen and oxygen atoms in total. The van der Waals surface area contributed by atoms with Crippen LogP contribution in [0.2, 0.25) is 0 Å². The average molecular weight is 325 g/mol. The van der Waals surface area contributed by atoms with E-state index in [-0.39, 0.29) is 0 Å². The molecule has 0 atom stereocenters. The fourth-order valence-corrected chi connectivity index (χ4v) is 2.82. The van der Waals surface area contributed by atoms with Gasteiger partial charge in [0.2, 0.25) is 0 Å². The third-order valence-corrected chi connectivity index (χ3v) is 4.29. The van der Waals surface area contributed by atoms with Crippen LogP contribution in [0.25, 0.3) is 0 Å². The van der Waals surface area contributed by atoms with Crippen molar-refractivity contribution in [3.63, 3.8) is 0 Å². The lowest BCUT2D eigenvalue weighted by molar-refractivity contribution is 0.206. The van der Waals surface area contributed by atoms with Crippen molar-refractivity contribution in [1.82, 2.24) is 0 Å². The van der Waals surface area contributed by atoms with Crippen molar-refractivity contribution < 1.29 is 9.84 Å². The number of hydrogen-bond donors (Lipinski definition) is 1. The molecule has 0 unspecified atom stereocenters. The molecular formula is C21H40O2. The Kier molecular flexibility index (Phi) is 16.7. The summed E-state index contributed by atoms with van der Waals surface area (Å²) in [5, 5.41) is 10.0. The van der Waals surface area contributed by atoms with Crippen LogP contribution in [0.3, 0.4) is 0 Å². The number of allylic oxidation sites excluding steroid dienone is 2. The van der Waals surface area contributed by atoms with Crippen molar-refractivity contribution in [3.05, 3.63) is 24.2 Å². The summed E-state index contributed by atoms with van der Waals surface area (Å²) in [5.74, 6) is 1.16. The van der Waals surface area contributed by atoms with E-state index >= 15 is 0 Å². The molecule has 0 fully saturated rings.